The quantitative estimate of drug-likeness (QED) is 0.557. The van der Waals surface area contributed by atoms with Gasteiger partial charge in [0.1, 0.15) is 12.4 Å². The molecule has 0 aliphatic carbocycles. The maximum atomic E-state index is 5.81. The second-order valence-corrected chi connectivity index (χ2v) is 7.19. The summed E-state index contributed by atoms with van der Waals surface area (Å²) < 4.78 is 5.81. The van der Waals surface area contributed by atoms with Gasteiger partial charge in [-0.15, -0.1) is 0 Å². The molecule has 4 nitrogen and oxygen atoms in total. The fourth-order valence-electron chi connectivity index (χ4n) is 2.83. The third kappa shape index (κ3) is 5.30. The van der Waals surface area contributed by atoms with Crippen LogP contribution in [0.15, 0.2) is 67.0 Å². The second-order valence-electron chi connectivity index (χ2n) is 6.79. The first kappa shape index (κ1) is 19.8. The highest BCUT2D eigenvalue weighted by Crippen LogP contribution is 2.20. The van der Waals surface area contributed by atoms with E-state index < -0.39 is 0 Å². The van der Waals surface area contributed by atoms with Gasteiger partial charge in [-0.2, -0.15) is 0 Å². The summed E-state index contributed by atoms with van der Waals surface area (Å²) in [5.74, 6) is 0.830. The van der Waals surface area contributed by atoms with Gasteiger partial charge in [0, 0.05) is 23.6 Å². The number of hydrogen-bond acceptors (Lipinski definition) is 3. The van der Waals surface area contributed by atoms with Crippen LogP contribution in [0.5, 0.6) is 5.75 Å². The van der Waals surface area contributed by atoms with Crippen LogP contribution in [0, 0.1) is 13.8 Å². The van der Waals surface area contributed by atoms with E-state index in [1.807, 2.05) is 42.6 Å². The van der Waals surface area contributed by atoms with E-state index in [4.69, 9.17) is 17.0 Å². The van der Waals surface area contributed by atoms with Gasteiger partial charge in [0.05, 0.1) is 6.04 Å². The van der Waals surface area contributed by atoms with Crippen molar-refractivity contribution >= 4 is 23.0 Å². The first-order valence-corrected chi connectivity index (χ1v) is 9.69. The lowest BCUT2D eigenvalue weighted by Crippen LogP contribution is -2.31. The molecule has 1 unspecified atom stereocenters. The Hall–Kier alpha value is -2.92. The Balaban J connectivity index is 1.54. The first-order chi connectivity index (χ1) is 13.5. The molecule has 0 amide bonds. The van der Waals surface area contributed by atoms with Crippen LogP contribution < -0.4 is 15.4 Å². The normalized spacial score (nSPS) is 11.5. The van der Waals surface area contributed by atoms with Crippen molar-refractivity contribution in [3.63, 3.8) is 0 Å². The van der Waals surface area contributed by atoms with Crippen LogP contribution in [-0.2, 0) is 6.61 Å². The van der Waals surface area contributed by atoms with Crippen LogP contribution in [0.2, 0.25) is 0 Å². The number of nitrogens with one attached hydrogen (secondary N) is 2. The Morgan fingerprint density at radius 2 is 1.86 bits per heavy atom. The van der Waals surface area contributed by atoms with Gasteiger partial charge in [-0.1, -0.05) is 30.3 Å². The number of pyridine rings is 1. The van der Waals surface area contributed by atoms with Crippen LogP contribution >= 0.6 is 12.2 Å². The molecular weight excluding hydrogens is 366 g/mol. The van der Waals surface area contributed by atoms with Gasteiger partial charge in [-0.3, -0.25) is 4.98 Å². The molecule has 1 heterocycles. The lowest BCUT2D eigenvalue weighted by atomic mass is 10.1. The monoisotopic (exact) mass is 391 g/mol. The number of anilines is 1. The molecule has 3 rings (SSSR count). The molecular formula is C23H25N3OS. The van der Waals surface area contributed by atoms with Gasteiger partial charge < -0.3 is 15.4 Å². The van der Waals surface area contributed by atoms with Gasteiger partial charge >= 0.3 is 0 Å². The highest BCUT2D eigenvalue weighted by molar-refractivity contribution is 7.80. The topological polar surface area (TPSA) is 46.2 Å². The minimum absolute atomic E-state index is 0.0810. The number of benzene rings is 2. The van der Waals surface area contributed by atoms with Crippen molar-refractivity contribution in [2.24, 2.45) is 0 Å². The van der Waals surface area contributed by atoms with Crippen molar-refractivity contribution in [3.05, 3.63) is 89.2 Å². The molecule has 0 radical (unpaired) electrons. The summed E-state index contributed by atoms with van der Waals surface area (Å²) in [6.45, 7) is 6.78. The number of aryl methyl sites for hydroxylation is 1. The van der Waals surface area contributed by atoms with Crippen LogP contribution in [0.25, 0.3) is 0 Å². The fraction of sp³-hybridized carbons (Fsp3) is 0.217. The third-order valence-corrected chi connectivity index (χ3v) is 4.93. The van der Waals surface area contributed by atoms with Crippen molar-refractivity contribution in [1.82, 2.24) is 10.3 Å². The van der Waals surface area contributed by atoms with Crippen LogP contribution in [0.3, 0.4) is 0 Å². The fourth-order valence-corrected chi connectivity index (χ4v) is 3.11. The van der Waals surface area contributed by atoms with E-state index in [1.54, 1.807) is 6.20 Å². The predicted molar refractivity (Wildman–Crippen MR) is 119 cm³/mol. The standard InChI is InChI=1S/C23H25N3OS/c1-16-6-4-8-22(17(16)2)26-23(28)25-18(3)20-9-11-21(12-10-20)27-15-19-7-5-13-24-14-19/h4-14,18H,15H2,1-3H3,(H2,25,26,28). The van der Waals surface area contributed by atoms with Crippen LogP contribution in [0.4, 0.5) is 5.69 Å². The average Bonchev–Trinajstić information content (AvgIpc) is 2.71. The zero-order valence-corrected chi connectivity index (χ0v) is 17.2. The van der Waals surface area contributed by atoms with Crippen molar-refractivity contribution in [2.45, 2.75) is 33.4 Å². The number of nitrogens with zero attached hydrogens (tertiary/aromatic N) is 1. The number of rotatable bonds is 6. The van der Waals surface area contributed by atoms with Crippen LogP contribution in [0.1, 0.15) is 35.2 Å². The van der Waals surface area contributed by atoms with E-state index in [0.29, 0.717) is 11.7 Å². The van der Waals surface area contributed by atoms with Crippen molar-refractivity contribution < 1.29 is 4.74 Å². The minimum Gasteiger partial charge on any atom is -0.489 e. The maximum absolute atomic E-state index is 5.81. The SMILES string of the molecule is Cc1cccc(NC(=S)NC(C)c2ccc(OCc3cccnc3)cc2)c1C. The van der Waals surface area contributed by atoms with E-state index in [-0.39, 0.29) is 6.04 Å². The summed E-state index contributed by atoms with van der Waals surface area (Å²) in [4.78, 5) is 4.10. The summed E-state index contributed by atoms with van der Waals surface area (Å²) >= 11 is 5.48. The summed E-state index contributed by atoms with van der Waals surface area (Å²) in [5, 5.41) is 7.24. The molecule has 144 valence electrons. The molecule has 5 heteroatoms. The average molecular weight is 392 g/mol. The first-order valence-electron chi connectivity index (χ1n) is 9.28. The lowest BCUT2D eigenvalue weighted by molar-refractivity contribution is 0.305. The van der Waals surface area contributed by atoms with Crippen molar-refractivity contribution in [1.29, 1.82) is 0 Å². The molecule has 2 N–H and O–H groups in total. The van der Waals surface area contributed by atoms with Gasteiger partial charge in [-0.25, -0.2) is 0 Å². The molecule has 28 heavy (non-hydrogen) atoms. The molecule has 0 aliphatic rings. The highest BCUT2D eigenvalue weighted by Gasteiger charge is 2.09. The van der Waals surface area contributed by atoms with Crippen molar-refractivity contribution in [2.75, 3.05) is 5.32 Å². The summed E-state index contributed by atoms with van der Waals surface area (Å²) in [7, 11) is 0. The molecule has 1 atom stereocenters. The summed E-state index contributed by atoms with van der Waals surface area (Å²) in [6, 6.07) is 18.2. The molecule has 0 spiro atoms. The predicted octanol–water partition coefficient (Wildman–Crippen LogP) is 5.33. The second kappa shape index (κ2) is 9.33. The zero-order chi connectivity index (χ0) is 19.9. The van der Waals surface area contributed by atoms with Gasteiger partial charge in [0.2, 0.25) is 0 Å². The number of ether oxygens (including phenoxy) is 1. The van der Waals surface area contributed by atoms with E-state index in [0.717, 1.165) is 22.6 Å². The molecule has 1 aromatic heterocycles. The molecule has 0 fully saturated rings. The Morgan fingerprint density at radius 3 is 2.57 bits per heavy atom. The Morgan fingerprint density at radius 1 is 1.07 bits per heavy atom. The molecule has 0 saturated carbocycles. The van der Waals surface area contributed by atoms with Crippen molar-refractivity contribution in [3.8, 4) is 5.75 Å². The minimum atomic E-state index is 0.0810. The largest absolute Gasteiger partial charge is 0.489 e. The summed E-state index contributed by atoms with van der Waals surface area (Å²) in [5.41, 5.74) is 5.66. The molecule has 2 aromatic carbocycles. The van der Waals surface area contributed by atoms with Gasteiger partial charge in [-0.05, 0) is 73.9 Å². The number of aromatic nitrogens is 1. The van der Waals surface area contributed by atoms with E-state index in [2.05, 4.69) is 54.6 Å². The van der Waals surface area contributed by atoms with Crippen LogP contribution in [-0.4, -0.2) is 10.1 Å². The Bertz CT molecular complexity index is 926. The Labute approximate surface area is 172 Å². The lowest BCUT2D eigenvalue weighted by Gasteiger charge is -2.19. The van der Waals surface area contributed by atoms with E-state index >= 15 is 0 Å². The highest BCUT2D eigenvalue weighted by atomic mass is 32.1. The number of hydrogen-bond donors (Lipinski definition) is 2. The molecule has 0 saturated heterocycles. The molecule has 0 aliphatic heterocycles. The third-order valence-electron chi connectivity index (χ3n) is 4.71. The molecule has 3 aromatic rings. The van der Waals surface area contributed by atoms with Gasteiger partial charge in [0.25, 0.3) is 0 Å². The number of thiocarbonyl (C=S) groups is 1. The Kier molecular flexibility index (Phi) is 6.61. The summed E-state index contributed by atoms with van der Waals surface area (Å²) in [6.07, 6.45) is 3.57. The van der Waals surface area contributed by atoms with E-state index in [1.165, 1.54) is 11.1 Å². The smallest absolute Gasteiger partial charge is 0.171 e. The van der Waals surface area contributed by atoms with E-state index in [9.17, 15) is 0 Å². The molecule has 0 bridgehead atoms. The maximum Gasteiger partial charge on any atom is 0.171 e. The zero-order valence-electron chi connectivity index (χ0n) is 16.4. The van der Waals surface area contributed by atoms with Gasteiger partial charge in [0.15, 0.2) is 5.11 Å².